The van der Waals surface area contributed by atoms with E-state index in [1.54, 1.807) is 12.1 Å². The monoisotopic (exact) mass is 553 g/mol. The first-order chi connectivity index (χ1) is 14.3. The molecule has 0 amide bonds. The van der Waals surface area contributed by atoms with Crippen molar-refractivity contribution in [2.45, 2.75) is 44.9 Å². The summed E-state index contributed by atoms with van der Waals surface area (Å²) in [6.07, 6.45) is -0.812. The van der Waals surface area contributed by atoms with E-state index in [0.29, 0.717) is 18.5 Å². The first-order valence-electron chi connectivity index (χ1n) is 11.0. The molecule has 0 spiro atoms. The SMILES string of the molecule is CCNC(=NCC1CCCN(C)C1)NC1CCN(Cc2ccc(C(F)(F)F)cc2)C1.I. The summed E-state index contributed by atoms with van der Waals surface area (Å²) in [6, 6.07) is 5.79. The van der Waals surface area contributed by atoms with E-state index in [1.165, 1.54) is 31.5 Å². The zero-order valence-corrected chi connectivity index (χ0v) is 20.7. The first kappa shape index (κ1) is 26.2. The maximum Gasteiger partial charge on any atom is 0.416 e. The third-order valence-corrected chi connectivity index (χ3v) is 5.87. The molecule has 0 radical (unpaired) electrons. The van der Waals surface area contributed by atoms with Gasteiger partial charge in [0.15, 0.2) is 5.96 Å². The number of alkyl halides is 3. The summed E-state index contributed by atoms with van der Waals surface area (Å²) >= 11 is 0. The summed E-state index contributed by atoms with van der Waals surface area (Å²) in [5.74, 6) is 1.48. The van der Waals surface area contributed by atoms with E-state index in [-0.39, 0.29) is 24.0 Å². The number of aliphatic imine (C=N–C) groups is 1. The third-order valence-electron chi connectivity index (χ3n) is 5.87. The van der Waals surface area contributed by atoms with Crippen LogP contribution >= 0.6 is 24.0 Å². The molecule has 2 fully saturated rings. The van der Waals surface area contributed by atoms with Crippen LogP contribution in [0.1, 0.15) is 37.3 Å². The number of benzene rings is 1. The number of likely N-dealkylation sites (tertiary alicyclic amines) is 2. The molecule has 31 heavy (non-hydrogen) atoms. The number of hydrogen-bond acceptors (Lipinski definition) is 3. The molecule has 2 aliphatic heterocycles. The lowest BCUT2D eigenvalue weighted by Crippen LogP contribution is -2.45. The van der Waals surface area contributed by atoms with Crippen LogP contribution in [0.4, 0.5) is 13.2 Å². The van der Waals surface area contributed by atoms with Crippen molar-refractivity contribution in [1.82, 2.24) is 20.4 Å². The van der Waals surface area contributed by atoms with Crippen molar-refractivity contribution in [2.24, 2.45) is 10.9 Å². The van der Waals surface area contributed by atoms with Crippen molar-refractivity contribution in [1.29, 1.82) is 0 Å². The van der Waals surface area contributed by atoms with Crippen LogP contribution in [0.5, 0.6) is 0 Å². The fourth-order valence-corrected chi connectivity index (χ4v) is 4.31. The quantitative estimate of drug-likeness (QED) is 0.320. The van der Waals surface area contributed by atoms with Gasteiger partial charge in [0.2, 0.25) is 0 Å². The number of guanidine groups is 1. The standard InChI is InChI=1S/C22H34F3N5.HI/c1-3-26-21(27-13-18-5-4-11-29(2)14-18)28-20-10-12-30(16-20)15-17-6-8-19(9-7-17)22(23,24)25;/h6-9,18,20H,3-5,10-16H2,1-2H3,(H2,26,27,28);1H. The summed E-state index contributed by atoms with van der Waals surface area (Å²) in [7, 11) is 2.17. The molecule has 0 bridgehead atoms. The predicted molar refractivity (Wildman–Crippen MR) is 130 cm³/mol. The van der Waals surface area contributed by atoms with Gasteiger partial charge >= 0.3 is 6.18 Å². The van der Waals surface area contributed by atoms with Gasteiger partial charge in [-0.1, -0.05) is 12.1 Å². The van der Waals surface area contributed by atoms with E-state index in [1.807, 2.05) is 0 Å². The minimum atomic E-state index is -4.28. The summed E-state index contributed by atoms with van der Waals surface area (Å²) in [5.41, 5.74) is 0.313. The molecule has 1 aromatic rings. The van der Waals surface area contributed by atoms with Crippen LogP contribution in [0.3, 0.4) is 0 Å². The Kier molecular flexibility index (Phi) is 10.3. The predicted octanol–water partition coefficient (Wildman–Crippen LogP) is 3.79. The van der Waals surface area contributed by atoms with Gasteiger partial charge in [-0.05, 0) is 63.4 Å². The molecule has 0 aliphatic carbocycles. The van der Waals surface area contributed by atoms with Gasteiger partial charge < -0.3 is 15.5 Å². The molecule has 3 rings (SSSR count). The maximum atomic E-state index is 12.7. The molecule has 176 valence electrons. The van der Waals surface area contributed by atoms with Gasteiger partial charge in [0.25, 0.3) is 0 Å². The number of piperidine rings is 1. The average molecular weight is 553 g/mol. The highest BCUT2D eigenvalue weighted by Gasteiger charge is 2.30. The number of nitrogens with one attached hydrogen (secondary N) is 2. The largest absolute Gasteiger partial charge is 0.416 e. The molecule has 1 aromatic carbocycles. The molecular formula is C22H35F3IN5. The molecule has 2 unspecified atom stereocenters. The molecule has 2 atom stereocenters. The number of nitrogens with zero attached hydrogens (tertiary/aromatic N) is 3. The highest BCUT2D eigenvalue weighted by atomic mass is 127. The van der Waals surface area contributed by atoms with Crippen LogP contribution in [0.2, 0.25) is 0 Å². The third kappa shape index (κ3) is 8.42. The topological polar surface area (TPSA) is 42.9 Å². The Morgan fingerprint density at radius 2 is 1.87 bits per heavy atom. The smallest absolute Gasteiger partial charge is 0.357 e. The van der Waals surface area contributed by atoms with Gasteiger partial charge in [-0.15, -0.1) is 24.0 Å². The number of rotatable bonds is 6. The lowest BCUT2D eigenvalue weighted by Gasteiger charge is -2.29. The summed E-state index contributed by atoms with van der Waals surface area (Å²) < 4.78 is 38.2. The highest BCUT2D eigenvalue weighted by molar-refractivity contribution is 14.0. The number of hydrogen-bond donors (Lipinski definition) is 2. The molecule has 2 N–H and O–H groups in total. The van der Waals surface area contributed by atoms with Crippen LogP contribution in [0.15, 0.2) is 29.3 Å². The Hall–Kier alpha value is -1.07. The second-order valence-electron chi connectivity index (χ2n) is 8.55. The molecule has 0 aromatic heterocycles. The Labute approximate surface area is 200 Å². The van der Waals surface area contributed by atoms with Crippen molar-refractivity contribution in [2.75, 3.05) is 46.3 Å². The van der Waals surface area contributed by atoms with Crippen molar-refractivity contribution in [3.05, 3.63) is 35.4 Å². The molecule has 2 saturated heterocycles. The van der Waals surface area contributed by atoms with E-state index in [0.717, 1.165) is 50.7 Å². The Balaban J connectivity index is 0.00000341. The average Bonchev–Trinajstić information content (AvgIpc) is 3.13. The fourth-order valence-electron chi connectivity index (χ4n) is 4.31. The Morgan fingerprint density at radius 3 is 2.52 bits per heavy atom. The van der Waals surface area contributed by atoms with Gasteiger partial charge in [-0.25, -0.2) is 0 Å². The molecule has 0 saturated carbocycles. The van der Waals surface area contributed by atoms with Crippen molar-refractivity contribution in [3.63, 3.8) is 0 Å². The van der Waals surface area contributed by atoms with Gasteiger partial charge in [-0.3, -0.25) is 9.89 Å². The van der Waals surface area contributed by atoms with E-state index < -0.39 is 11.7 Å². The number of halogens is 4. The highest BCUT2D eigenvalue weighted by Crippen LogP contribution is 2.29. The molecule has 9 heteroatoms. The zero-order chi connectivity index (χ0) is 21.6. The van der Waals surface area contributed by atoms with Crippen molar-refractivity contribution < 1.29 is 13.2 Å². The fraction of sp³-hybridized carbons (Fsp3) is 0.682. The van der Waals surface area contributed by atoms with E-state index >= 15 is 0 Å². The summed E-state index contributed by atoms with van der Waals surface area (Å²) in [6.45, 7) is 8.45. The lowest BCUT2D eigenvalue weighted by atomic mass is 9.99. The summed E-state index contributed by atoms with van der Waals surface area (Å²) in [5, 5.41) is 6.89. The van der Waals surface area contributed by atoms with Crippen LogP contribution in [0, 0.1) is 5.92 Å². The Morgan fingerprint density at radius 1 is 1.13 bits per heavy atom. The van der Waals surface area contributed by atoms with E-state index in [4.69, 9.17) is 4.99 Å². The second kappa shape index (κ2) is 12.2. The van der Waals surface area contributed by atoms with E-state index in [2.05, 4.69) is 34.4 Å². The molecule has 5 nitrogen and oxygen atoms in total. The van der Waals surface area contributed by atoms with Gasteiger partial charge in [0, 0.05) is 45.3 Å². The summed E-state index contributed by atoms with van der Waals surface area (Å²) in [4.78, 5) is 9.47. The zero-order valence-electron chi connectivity index (χ0n) is 18.4. The van der Waals surface area contributed by atoms with Crippen LogP contribution < -0.4 is 10.6 Å². The van der Waals surface area contributed by atoms with Gasteiger partial charge in [-0.2, -0.15) is 13.2 Å². The molecule has 2 aliphatic rings. The van der Waals surface area contributed by atoms with Crippen LogP contribution in [-0.2, 0) is 12.7 Å². The molecule has 2 heterocycles. The van der Waals surface area contributed by atoms with E-state index in [9.17, 15) is 13.2 Å². The first-order valence-corrected chi connectivity index (χ1v) is 11.0. The second-order valence-corrected chi connectivity index (χ2v) is 8.55. The van der Waals surface area contributed by atoms with Crippen LogP contribution in [0.25, 0.3) is 0 Å². The van der Waals surface area contributed by atoms with Gasteiger partial charge in [0.05, 0.1) is 5.56 Å². The minimum Gasteiger partial charge on any atom is -0.357 e. The molecular weight excluding hydrogens is 518 g/mol. The normalized spacial score (nSPS) is 23.5. The minimum absolute atomic E-state index is 0. The lowest BCUT2D eigenvalue weighted by molar-refractivity contribution is -0.137. The Bertz CT molecular complexity index is 695. The van der Waals surface area contributed by atoms with Gasteiger partial charge in [0.1, 0.15) is 0 Å². The van der Waals surface area contributed by atoms with Crippen LogP contribution in [-0.4, -0.2) is 68.1 Å². The maximum absolute atomic E-state index is 12.7. The van der Waals surface area contributed by atoms with Crippen molar-refractivity contribution in [3.8, 4) is 0 Å². The van der Waals surface area contributed by atoms with Crippen molar-refractivity contribution >= 4 is 29.9 Å².